The van der Waals surface area contributed by atoms with Gasteiger partial charge in [0.05, 0.1) is 23.8 Å². The van der Waals surface area contributed by atoms with Gasteiger partial charge in [-0.15, -0.1) is 0 Å². The Kier molecular flexibility index (Phi) is 5.17. The van der Waals surface area contributed by atoms with Crippen LogP contribution in [0.4, 0.5) is 5.69 Å². The fraction of sp³-hybridized carbons (Fsp3) is 0.385. The van der Waals surface area contributed by atoms with Crippen LogP contribution in [-0.4, -0.2) is 25.1 Å². The molecule has 0 aliphatic heterocycles. The van der Waals surface area contributed by atoms with Crippen LogP contribution in [0.15, 0.2) is 18.2 Å². The number of nitrogens with two attached hydrogens (primary N) is 2. The molecule has 1 amide bonds. The lowest BCUT2D eigenvalue weighted by atomic mass is 10.2. The molecule has 0 spiro atoms. The number of nitrogen functional groups attached to an aromatic ring is 1. The number of hydrogen-bond acceptors (Lipinski definition) is 5. The Hall–Kier alpha value is -2.24. The molecule has 0 radical (unpaired) electrons. The molecule has 0 aromatic heterocycles. The monoisotopic (exact) mass is 266 g/mol. The second-order valence-electron chi connectivity index (χ2n) is 4.09. The van der Waals surface area contributed by atoms with Gasteiger partial charge in [-0.25, -0.2) is 4.79 Å². The van der Waals surface area contributed by atoms with Crippen molar-refractivity contribution in [2.45, 2.75) is 13.8 Å². The molecule has 0 aliphatic rings. The van der Waals surface area contributed by atoms with Gasteiger partial charge in [-0.3, -0.25) is 4.79 Å². The zero-order valence-electron chi connectivity index (χ0n) is 11.0. The highest BCUT2D eigenvalue weighted by Crippen LogP contribution is 2.22. The number of hydrogen-bond donors (Lipinski definition) is 2. The molecule has 1 unspecified atom stereocenters. The zero-order chi connectivity index (χ0) is 14.4. The highest BCUT2D eigenvalue weighted by molar-refractivity contribution is 5.91. The third-order valence-corrected chi connectivity index (χ3v) is 2.50. The molecule has 19 heavy (non-hydrogen) atoms. The van der Waals surface area contributed by atoms with E-state index in [4.69, 9.17) is 20.9 Å². The molecule has 0 aliphatic carbocycles. The normalized spacial score (nSPS) is 11.7. The number of anilines is 1. The lowest BCUT2D eigenvalue weighted by Crippen LogP contribution is -2.25. The first-order valence-electron chi connectivity index (χ1n) is 5.94. The van der Waals surface area contributed by atoms with Crippen LogP contribution in [0.3, 0.4) is 0 Å². The second kappa shape index (κ2) is 6.63. The summed E-state index contributed by atoms with van der Waals surface area (Å²) in [6.45, 7) is 3.86. The number of amides is 1. The molecule has 4 N–H and O–H groups in total. The van der Waals surface area contributed by atoms with Crippen molar-refractivity contribution in [3.63, 3.8) is 0 Å². The number of primary amides is 1. The molecule has 0 bridgehead atoms. The zero-order valence-corrected chi connectivity index (χ0v) is 11.0. The molecule has 1 aromatic rings. The highest BCUT2D eigenvalue weighted by Gasteiger charge is 2.14. The van der Waals surface area contributed by atoms with Crippen LogP contribution in [0, 0.1) is 5.92 Å². The Morgan fingerprint density at radius 1 is 1.37 bits per heavy atom. The number of ether oxygens (including phenoxy) is 2. The van der Waals surface area contributed by atoms with Crippen molar-refractivity contribution >= 4 is 17.6 Å². The van der Waals surface area contributed by atoms with Crippen molar-refractivity contribution in [2.24, 2.45) is 11.7 Å². The summed E-state index contributed by atoms with van der Waals surface area (Å²) in [7, 11) is 0. The van der Waals surface area contributed by atoms with Gasteiger partial charge in [-0.05, 0) is 25.1 Å². The summed E-state index contributed by atoms with van der Waals surface area (Å²) in [4.78, 5) is 22.5. The first-order chi connectivity index (χ1) is 8.95. The summed E-state index contributed by atoms with van der Waals surface area (Å²) in [5.74, 6) is -1.07. The molecular formula is C13H18N2O4. The summed E-state index contributed by atoms with van der Waals surface area (Å²) < 4.78 is 10.2. The van der Waals surface area contributed by atoms with Crippen molar-refractivity contribution in [3.05, 3.63) is 23.8 Å². The van der Waals surface area contributed by atoms with Crippen molar-refractivity contribution < 1.29 is 19.1 Å². The number of carbonyl (C=O) groups excluding carboxylic acids is 2. The maximum atomic E-state index is 11.7. The molecule has 6 heteroatoms. The SMILES string of the molecule is CCOc1ccc(C(=O)OCC(C)C(N)=O)cc1N. The summed E-state index contributed by atoms with van der Waals surface area (Å²) in [6, 6.07) is 4.63. The van der Waals surface area contributed by atoms with Gasteiger partial charge in [0.2, 0.25) is 5.91 Å². The van der Waals surface area contributed by atoms with E-state index in [1.54, 1.807) is 19.1 Å². The van der Waals surface area contributed by atoms with Crippen LogP contribution in [0.2, 0.25) is 0 Å². The van der Waals surface area contributed by atoms with Gasteiger partial charge in [0.15, 0.2) is 0 Å². The van der Waals surface area contributed by atoms with E-state index >= 15 is 0 Å². The van der Waals surface area contributed by atoms with Gasteiger partial charge >= 0.3 is 5.97 Å². The highest BCUT2D eigenvalue weighted by atomic mass is 16.5. The Bertz CT molecular complexity index is 474. The predicted molar refractivity (Wildman–Crippen MR) is 70.7 cm³/mol. The van der Waals surface area contributed by atoms with Gasteiger partial charge in [-0.1, -0.05) is 6.92 Å². The Balaban J connectivity index is 2.67. The van der Waals surface area contributed by atoms with Crippen molar-refractivity contribution in [2.75, 3.05) is 18.9 Å². The average Bonchev–Trinajstić information content (AvgIpc) is 2.37. The van der Waals surface area contributed by atoms with E-state index in [2.05, 4.69) is 0 Å². The fourth-order valence-corrected chi connectivity index (χ4v) is 1.33. The third-order valence-electron chi connectivity index (χ3n) is 2.50. The number of rotatable bonds is 6. The van der Waals surface area contributed by atoms with Crippen LogP contribution in [0.5, 0.6) is 5.75 Å². The van der Waals surface area contributed by atoms with Crippen LogP contribution >= 0.6 is 0 Å². The summed E-state index contributed by atoms with van der Waals surface area (Å²) in [6.07, 6.45) is 0. The van der Waals surface area contributed by atoms with Gasteiger partial charge < -0.3 is 20.9 Å². The van der Waals surface area contributed by atoms with Crippen molar-refractivity contribution in [1.82, 2.24) is 0 Å². The number of esters is 1. The van der Waals surface area contributed by atoms with E-state index in [0.29, 0.717) is 23.6 Å². The predicted octanol–water partition coefficient (Wildman–Crippen LogP) is 0.946. The van der Waals surface area contributed by atoms with E-state index in [-0.39, 0.29) is 6.61 Å². The van der Waals surface area contributed by atoms with Gasteiger partial charge in [0, 0.05) is 0 Å². The molecular weight excluding hydrogens is 248 g/mol. The fourth-order valence-electron chi connectivity index (χ4n) is 1.33. The molecule has 0 saturated heterocycles. The van der Waals surface area contributed by atoms with Gasteiger partial charge in [0.1, 0.15) is 12.4 Å². The maximum Gasteiger partial charge on any atom is 0.338 e. The minimum Gasteiger partial charge on any atom is -0.492 e. The molecule has 0 saturated carbocycles. The minimum absolute atomic E-state index is 0.0543. The summed E-state index contributed by atoms with van der Waals surface area (Å²) in [5, 5.41) is 0. The van der Waals surface area contributed by atoms with Crippen LogP contribution in [0.1, 0.15) is 24.2 Å². The van der Waals surface area contributed by atoms with Crippen molar-refractivity contribution in [3.8, 4) is 5.75 Å². The quantitative estimate of drug-likeness (QED) is 0.589. The lowest BCUT2D eigenvalue weighted by Gasteiger charge is -2.10. The molecule has 0 fully saturated rings. The number of benzene rings is 1. The molecule has 0 heterocycles. The standard InChI is InChI=1S/C13H18N2O4/c1-3-18-11-5-4-9(6-10(11)14)13(17)19-7-8(2)12(15)16/h4-6,8H,3,7,14H2,1-2H3,(H2,15,16). The Morgan fingerprint density at radius 2 is 2.05 bits per heavy atom. The summed E-state index contributed by atoms with van der Waals surface area (Å²) in [5.41, 5.74) is 11.5. The van der Waals surface area contributed by atoms with Crippen LogP contribution < -0.4 is 16.2 Å². The Morgan fingerprint density at radius 3 is 2.58 bits per heavy atom. The first kappa shape index (κ1) is 14.8. The van der Waals surface area contributed by atoms with E-state index in [9.17, 15) is 9.59 Å². The maximum absolute atomic E-state index is 11.7. The van der Waals surface area contributed by atoms with E-state index in [1.165, 1.54) is 6.07 Å². The molecule has 6 nitrogen and oxygen atoms in total. The molecule has 104 valence electrons. The molecule has 1 rings (SSSR count). The van der Waals surface area contributed by atoms with E-state index in [1.807, 2.05) is 6.92 Å². The molecule has 1 atom stereocenters. The third kappa shape index (κ3) is 4.17. The lowest BCUT2D eigenvalue weighted by molar-refractivity contribution is -0.122. The Labute approximate surface area is 111 Å². The van der Waals surface area contributed by atoms with Gasteiger partial charge in [-0.2, -0.15) is 0 Å². The van der Waals surface area contributed by atoms with Gasteiger partial charge in [0.25, 0.3) is 0 Å². The van der Waals surface area contributed by atoms with E-state index < -0.39 is 17.8 Å². The number of carbonyl (C=O) groups is 2. The smallest absolute Gasteiger partial charge is 0.338 e. The average molecular weight is 266 g/mol. The topological polar surface area (TPSA) is 105 Å². The first-order valence-corrected chi connectivity index (χ1v) is 5.94. The minimum atomic E-state index is -0.553. The molecule has 1 aromatic carbocycles. The van der Waals surface area contributed by atoms with Crippen LogP contribution in [-0.2, 0) is 9.53 Å². The largest absolute Gasteiger partial charge is 0.492 e. The van der Waals surface area contributed by atoms with Crippen molar-refractivity contribution in [1.29, 1.82) is 0 Å². The second-order valence-corrected chi connectivity index (χ2v) is 4.09. The summed E-state index contributed by atoms with van der Waals surface area (Å²) >= 11 is 0. The van der Waals surface area contributed by atoms with Crippen LogP contribution in [0.25, 0.3) is 0 Å². The van der Waals surface area contributed by atoms with E-state index in [0.717, 1.165) is 0 Å².